The van der Waals surface area contributed by atoms with E-state index in [4.69, 9.17) is 4.74 Å². The molecule has 6 heteroatoms. The molecule has 2 heterocycles. The summed E-state index contributed by atoms with van der Waals surface area (Å²) in [7, 11) is 3.95. The van der Waals surface area contributed by atoms with Gasteiger partial charge in [-0.05, 0) is 56.9 Å². The maximum absolute atomic E-state index is 12.9. The lowest BCUT2D eigenvalue weighted by atomic mass is 10.2. The molecule has 0 aliphatic heterocycles. The quantitative estimate of drug-likeness (QED) is 0.510. The van der Waals surface area contributed by atoms with Crippen LogP contribution in [0.25, 0.3) is 5.65 Å². The molecule has 1 aromatic carbocycles. The number of rotatable bonds is 10. The number of ether oxygens (including phenoxy) is 1. The Kier molecular flexibility index (Phi) is 7.25. The van der Waals surface area contributed by atoms with Crippen LogP contribution in [0.1, 0.15) is 48.8 Å². The van der Waals surface area contributed by atoms with Crippen molar-refractivity contribution in [2.24, 2.45) is 0 Å². The van der Waals surface area contributed by atoms with Crippen LogP contribution < -0.4 is 10.1 Å². The molecule has 0 atom stereocenters. The summed E-state index contributed by atoms with van der Waals surface area (Å²) in [6.45, 7) is 3.54. The molecule has 0 radical (unpaired) electrons. The molecule has 0 unspecified atom stereocenters. The molecule has 0 fully saturated rings. The van der Waals surface area contributed by atoms with Crippen molar-refractivity contribution in [3.8, 4) is 5.75 Å². The van der Waals surface area contributed by atoms with Crippen LogP contribution in [0.5, 0.6) is 5.75 Å². The lowest BCUT2D eigenvalue weighted by Gasteiger charge is -2.12. The Morgan fingerprint density at radius 2 is 1.90 bits per heavy atom. The fourth-order valence-corrected chi connectivity index (χ4v) is 3.22. The van der Waals surface area contributed by atoms with E-state index in [9.17, 15) is 4.79 Å². The summed E-state index contributed by atoms with van der Waals surface area (Å²) >= 11 is 0. The van der Waals surface area contributed by atoms with Crippen molar-refractivity contribution in [2.45, 2.75) is 39.2 Å². The molecule has 154 valence electrons. The maximum Gasteiger partial charge on any atom is 0.276 e. The molecule has 0 bridgehead atoms. The highest BCUT2D eigenvalue weighted by molar-refractivity contribution is 6.04. The minimum Gasteiger partial charge on any atom is -0.494 e. The molecule has 3 rings (SSSR count). The number of imidazole rings is 1. The molecule has 3 aromatic rings. The number of anilines is 1. The normalized spacial score (nSPS) is 11.2. The molecule has 29 heavy (non-hydrogen) atoms. The lowest BCUT2D eigenvalue weighted by molar-refractivity contribution is 0.102. The van der Waals surface area contributed by atoms with Gasteiger partial charge in [0.25, 0.3) is 5.91 Å². The highest BCUT2D eigenvalue weighted by Gasteiger charge is 2.19. The van der Waals surface area contributed by atoms with Crippen molar-refractivity contribution in [3.63, 3.8) is 0 Å². The molecule has 0 saturated carbocycles. The van der Waals surface area contributed by atoms with E-state index in [2.05, 4.69) is 17.2 Å². The first-order valence-corrected chi connectivity index (χ1v) is 10.2. The Bertz CT molecular complexity index is 932. The molecule has 1 N–H and O–H groups in total. The van der Waals surface area contributed by atoms with E-state index in [1.54, 1.807) is 0 Å². The van der Waals surface area contributed by atoms with Crippen molar-refractivity contribution in [1.82, 2.24) is 14.3 Å². The number of hydrogen-bond donors (Lipinski definition) is 1. The van der Waals surface area contributed by atoms with Gasteiger partial charge in [0.15, 0.2) is 5.69 Å². The number of carbonyl (C=O) groups is 1. The van der Waals surface area contributed by atoms with E-state index in [0.717, 1.165) is 35.8 Å². The number of carbonyl (C=O) groups excluding carboxylic acids is 1. The van der Waals surface area contributed by atoms with Crippen LogP contribution in [0.15, 0.2) is 48.7 Å². The molecule has 0 aliphatic carbocycles. The number of fused-ring (bicyclic) bond motifs is 1. The third-order valence-corrected chi connectivity index (χ3v) is 4.69. The van der Waals surface area contributed by atoms with E-state index >= 15 is 0 Å². The van der Waals surface area contributed by atoms with Gasteiger partial charge in [-0.3, -0.25) is 4.79 Å². The van der Waals surface area contributed by atoms with Gasteiger partial charge in [0.2, 0.25) is 0 Å². The molecule has 0 spiro atoms. The Labute approximate surface area is 172 Å². The second-order valence-corrected chi connectivity index (χ2v) is 7.46. The highest BCUT2D eigenvalue weighted by Crippen LogP contribution is 2.19. The number of unbranched alkanes of at least 4 members (excludes halogenated alkanes) is 3. The number of nitrogens with zero attached hydrogens (tertiary/aromatic N) is 3. The maximum atomic E-state index is 12.9. The predicted molar refractivity (Wildman–Crippen MR) is 117 cm³/mol. The first-order valence-electron chi connectivity index (χ1n) is 10.2. The van der Waals surface area contributed by atoms with Crippen LogP contribution in [-0.4, -0.2) is 40.9 Å². The van der Waals surface area contributed by atoms with Gasteiger partial charge in [-0.2, -0.15) is 0 Å². The smallest absolute Gasteiger partial charge is 0.276 e. The summed E-state index contributed by atoms with van der Waals surface area (Å²) in [5, 5.41) is 2.96. The van der Waals surface area contributed by atoms with Crippen molar-refractivity contribution in [3.05, 3.63) is 60.0 Å². The second-order valence-electron chi connectivity index (χ2n) is 7.46. The monoisotopic (exact) mass is 394 g/mol. The standard InChI is InChI=1S/C23H30N4O2/c1-4-5-6-9-16-29-19-13-11-18(12-14-19)24-23(28)22-20(17-26(2)3)27-15-8-7-10-21(27)25-22/h7-8,10-15H,4-6,9,16-17H2,1-3H3,(H,24,28). The van der Waals surface area contributed by atoms with Crippen molar-refractivity contribution in [1.29, 1.82) is 0 Å². The zero-order valence-corrected chi connectivity index (χ0v) is 17.5. The van der Waals surface area contributed by atoms with Crippen molar-refractivity contribution in [2.75, 3.05) is 26.0 Å². The summed E-state index contributed by atoms with van der Waals surface area (Å²) in [6, 6.07) is 13.3. The van der Waals surface area contributed by atoms with E-state index in [1.165, 1.54) is 19.3 Å². The fourth-order valence-electron chi connectivity index (χ4n) is 3.22. The number of hydrogen-bond acceptors (Lipinski definition) is 4. The molecule has 0 saturated heterocycles. The van der Waals surface area contributed by atoms with Gasteiger partial charge in [-0.25, -0.2) is 4.98 Å². The summed E-state index contributed by atoms with van der Waals surface area (Å²) in [5.74, 6) is 0.610. The van der Waals surface area contributed by atoms with Gasteiger partial charge >= 0.3 is 0 Å². The molecule has 0 aliphatic rings. The van der Waals surface area contributed by atoms with Crippen LogP contribution in [-0.2, 0) is 6.54 Å². The average Bonchev–Trinajstić information content (AvgIpc) is 3.07. The first kappa shape index (κ1) is 20.9. The van der Waals surface area contributed by atoms with Gasteiger partial charge in [-0.15, -0.1) is 0 Å². The Hall–Kier alpha value is -2.86. The van der Waals surface area contributed by atoms with Gasteiger partial charge < -0.3 is 19.4 Å². The fraction of sp³-hybridized carbons (Fsp3) is 0.391. The highest BCUT2D eigenvalue weighted by atomic mass is 16.5. The molecule has 2 aromatic heterocycles. The van der Waals surface area contributed by atoms with E-state index in [1.807, 2.05) is 72.1 Å². The van der Waals surface area contributed by atoms with Crippen molar-refractivity contribution < 1.29 is 9.53 Å². The van der Waals surface area contributed by atoms with E-state index in [0.29, 0.717) is 12.2 Å². The minimum absolute atomic E-state index is 0.209. The van der Waals surface area contributed by atoms with Crippen molar-refractivity contribution >= 4 is 17.2 Å². The van der Waals surface area contributed by atoms with Crippen LogP contribution in [0, 0.1) is 0 Å². The summed E-state index contributed by atoms with van der Waals surface area (Å²) in [4.78, 5) is 19.5. The SMILES string of the molecule is CCCCCCOc1ccc(NC(=O)c2nc3ccccn3c2CN(C)C)cc1. The topological polar surface area (TPSA) is 58.9 Å². The van der Waals surface area contributed by atoms with Gasteiger partial charge in [0.1, 0.15) is 11.4 Å². The van der Waals surface area contributed by atoms with Crippen LogP contribution in [0.3, 0.4) is 0 Å². The number of amides is 1. The first-order chi connectivity index (χ1) is 14.1. The molecule has 6 nitrogen and oxygen atoms in total. The minimum atomic E-state index is -0.209. The number of nitrogens with one attached hydrogen (secondary N) is 1. The second kappa shape index (κ2) is 10.1. The van der Waals surface area contributed by atoms with Crippen LogP contribution in [0.4, 0.5) is 5.69 Å². The summed E-state index contributed by atoms with van der Waals surface area (Å²) in [6.07, 6.45) is 6.66. The zero-order chi connectivity index (χ0) is 20.6. The number of benzene rings is 1. The third-order valence-electron chi connectivity index (χ3n) is 4.69. The zero-order valence-electron chi connectivity index (χ0n) is 17.5. The molecular formula is C23H30N4O2. The summed E-state index contributed by atoms with van der Waals surface area (Å²) < 4.78 is 7.73. The van der Waals surface area contributed by atoms with Gasteiger partial charge in [-0.1, -0.05) is 32.3 Å². The van der Waals surface area contributed by atoms with E-state index < -0.39 is 0 Å². The Morgan fingerprint density at radius 3 is 2.62 bits per heavy atom. The largest absolute Gasteiger partial charge is 0.494 e. The van der Waals surface area contributed by atoms with Gasteiger partial charge in [0, 0.05) is 18.4 Å². The van der Waals surface area contributed by atoms with Crippen LogP contribution in [0.2, 0.25) is 0 Å². The average molecular weight is 395 g/mol. The molecular weight excluding hydrogens is 364 g/mol. The van der Waals surface area contributed by atoms with Crippen LogP contribution >= 0.6 is 0 Å². The van der Waals surface area contributed by atoms with Gasteiger partial charge in [0.05, 0.1) is 12.3 Å². The Balaban J connectivity index is 1.67. The molecule has 1 amide bonds. The Morgan fingerprint density at radius 1 is 1.10 bits per heavy atom. The third kappa shape index (κ3) is 5.57. The van der Waals surface area contributed by atoms with E-state index in [-0.39, 0.29) is 5.91 Å². The lowest BCUT2D eigenvalue weighted by Crippen LogP contribution is -2.19. The predicted octanol–water partition coefficient (Wildman–Crippen LogP) is 4.61. The number of aromatic nitrogens is 2. The number of pyridine rings is 1. The summed E-state index contributed by atoms with van der Waals surface area (Å²) in [5.41, 5.74) is 2.80.